The van der Waals surface area contributed by atoms with Crippen molar-refractivity contribution in [3.05, 3.63) is 50.8 Å². The zero-order valence-electron chi connectivity index (χ0n) is 8.75. The first-order valence-corrected chi connectivity index (χ1v) is 5.93. The average Bonchev–Trinajstić information content (AvgIpc) is 2.36. The van der Waals surface area contributed by atoms with Crippen molar-refractivity contribution in [1.82, 2.24) is 4.98 Å². The van der Waals surface area contributed by atoms with Crippen molar-refractivity contribution in [3.63, 3.8) is 0 Å². The van der Waals surface area contributed by atoms with Gasteiger partial charge in [0, 0.05) is 5.56 Å². The summed E-state index contributed by atoms with van der Waals surface area (Å²) in [4.78, 5) is 14.2. The molecule has 0 aliphatic heterocycles. The molecular weight excluding hydrogens is 299 g/mol. The van der Waals surface area contributed by atoms with Gasteiger partial charge in [0.05, 0.1) is 26.3 Å². The van der Waals surface area contributed by atoms with Crippen LogP contribution >= 0.6 is 34.8 Å². The van der Waals surface area contributed by atoms with Crippen LogP contribution in [0.15, 0.2) is 24.3 Å². The third-order valence-electron chi connectivity index (χ3n) is 2.32. The Balaban J connectivity index is 2.59. The summed E-state index contributed by atoms with van der Waals surface area (Å²) in [5, 5.41) is 0.669. The number of hydrogen-bond donors (Lipinski definition) is 0. The molecule has 0 spiro atoms. The molecule has 0 atom stereocenters. The minimum absolute atomic E-state index is 0.116. The van der Waals surface area contributed by atoms with Crippen LogP contribution in [0.4, 0.5) is 4.39 Å². The first kappa shape index (κ1) is 13.3. The second kappa shape index (κ2) is 5.22. The van der Waals surface area contributed by atoms with Gasteiger partial charge in [0.25, 0.3) is 0 Å². The second-order valence-corrected chi connectivity index (χ2v) is 4.58. The highest BCUT2D eigenvalue weighted by atomic mass is 35.5. The normalized spacial score (nSPS) is 10.4. The third-order valence-corrected chi connectivity index (χ3v) is 3.61. The minimum Gasteiger partial charge on any atom is -0.298 e. The largest absolute Gasteiger partial charge is 0.298 e. The predicted molar refractivity (Wildman–Crippen MR) is 70.0 cm³/mol. The molecule has 0 bridgehead atoms. The van der Waals surface area contributed by atoms with Crippen molar-refractivity contribution in [3.8, 4) is 11.3 Å². The maximum Gasteiger partial charge on any atom is 0.224 e. The van der Waals surface area contributed by atoms with Gasteiger partial charge in [0.1, 0.15) is 0 Å². The zero-order chi connectivity index (χ0) is 13.3. The highest BCUT2D eigenvalue weighted by Crippen LogP contribution is 2.37. The van der Waals surface area contributed by atoms with Crippen LogP contribution in [0.1, 0.15) is 10.4 Å². The number of aromatic nitrogens is 1. The molecule has 0 unspecified atom stereocenters. The Morgan fingerprint density at radius 3 is 2.39 bits per heavy atom. The topological polar surface area (TPSA) is 30.0 Å². The average molecular weight is 305 g/mol. The van der Waals surface area contributed by atoms with Crippen LogP contribution in [0, 0.1) is 5.95 Å². The van der Waals surface area contributed by atoms with Gasteiger partial charge in [-0.3, -0.25) is 4.79 Å². The van der Waals surface area contributed by atoms with E-state index >= 15 is 0 Å². The van der Waals surface area contributed by atoms with Crippen LogP contribution in [0.2, 0.25) is 15.1 Å². The summed E-state index contributed by atoms with van der Waals surface area (Å²) in [6.45, 7) is 0. The molecule has 0 amide bonds. The van der Waals surface area contributed by atoms with E-state index in [9.17, 15) is 9.18 Å². The van der Waals surface area contributed by atoms with Gasteiger partial charge in [-0.05, 0) is 24.3 Å². The van der Waals surface area contributed by atoms with Crippen molar-refractivity contribution >= 4 is 41.1 Å². The molecule has 0 saturated heterocycles. The van der Waals surface area contributed by atoms with Gasteiger partial charge in [-0.15, -0.1) is 0 Å². The summed E-state index contributed by atoms with van der Waals surface area (Å²) in [5.74, 6) is -0.857. The van der Waals surface area contributed by atoms with E-state index in [-0.39, 0.29) is 21.3 Å². The molecule has 1 heterocycles. The van der Waals surface area contributed by atoms with Crippen LogP contribution in [0.25, 0.3) is 11.3 Å². The summed E-state index contributed by atoms with van der Waals surface area (Å²) >= 11 is 17.7. The Morgan fingerprint density at radius 1 is 1.06 bits per heavy atom. The van der Waals surface area contributed by atoms with Gasteiger partial charge >= 0.3 is 0 Å². The fourth-order valence-electron chi connectivity index (χ4n) is 1.41. The van der Waals surface area contributed by atoms with Gasteiger partial charge in [0.2, 0.25) is 5.95 Å². The molecule has 0 aliphatic carbocycles. The van der Waals surface area contributed by atoms with Crippen LogP contribution in [0.3, 0.4) is 0 Å². The van der Waals surface area contributed by atoms with Gasteiger partial charge in [-0.25, -0.2) is 4.98 Å². The molecule has 18 heavy (non-hydrogen) atoms. The number of halogens is 4. The molecule has 0 N–H and O–H groups in total. The van der Waals surface area contributed by atoms with Crippen molar-refractivity contribution in [2.75, 3.05) is 0 Å². The summed E-state index contributed by atoms with van der Waals surface area (Å²) < 4.78 is 13.4. The van der Waals surface area contributed by atoms with Crippen molar-refractivity contribution in [2.24, 2.45) is 0 Å². The Labute approximate surface area is 117 Å². The van der Waals surface area contributed by atoms with Crippen LogP contribution in [-0.2, 0) is 0 Å². The Kier molecular flexibility index (Phi) is 3.85. The lowest BCUT2D eigenvalue weighted by atomic mass is 10.1. The second-order valence-electron chi connectivity index (χ2n) is 3.42. The Hall–Kier alpha value is -1.16. The van der Waals surface area contributed by atoms with E-state index in [1.807, 2.05) is 0 Å². The van der Waals surface area contributed by atoms with Crippen molar-refractivity contribution < 1.29 is 9.18 Å². The molecule has 2 rings (SSSR count). The predicted octanol–water partition coefficient (Wildman–Crippen LogP) is 4.66. The first-order valence-electron chi connectivity index (χ1n) is 4.80. The van der Waals surface area contributed by atoms with E-state index in [1.165, 1.54) is 12.1 Å². The highest BCUT2D eigenvalue weighted by molar-refractivity contribution is 6.49. The molecule has 92 valence electrons. The lowest BCUT2D eigenvalue weighted by Gasteiger charge is -2.07. The fraction of sp³-hybridized carbons (Fsp3) is 0. The molecular formula is C12H5Cl3FNO. The number of carbonyl (C=O) groups excluding carboxylic acids is 1. The number of aldehydes is 1. The number of nitrogens with zero attached hydrogens (tertiary/aromatic N) is 1. The number of rotatable bonds is 2. The maximum absolute atomic E-state index is 13.4. The standard InChI is InChI=1S/C12H5Cl3FNO/c13-8-3-2-7(10(14)11(8)15)9-4-1-6(5-18)12(16)17-9/h1-5H. The highest BCUT2D eigenvalue weighted by Gasteiger charge is 2.13. The monoisotopic (exact) mass is 303 g/mol. The lowest BCUT2D eigenvalue weighted by Crippen LogP contribution is -1.95. The Bertz CT molecular complexity index is 631. The number of carbonyl (C=O) groups is 1. The Morgan fingerprint density at radius 2 is 1.78 bits per heavy atom. The van der Waals surface area contributed by atoms with Crippen molar-refractivity contribution in [2.45, 2.75) is 0 Å². The van der Waals surface area contributed by atoms with E-state index in [0.29, 0.717) is 16.9 Å². The molecule has 2 aromatic rings. The lowest BCUT2D eigenvalue weighted by molar-refractivity contribution is 0.111. The zero-order valence-corrected chi connectivity index (χ0v) is 11.0. The SMILES string of the molecule is O=Cc1ccc(-c2ccc(Cl)c(Cl)c2Cl)nc1F. The number of pyridine rings is 1. The molecule has 6 heteroatoms. The maximum atomic E-state index is 13.4. The van der Waals surface area contributed by atoms with Crippen molar-refractivity contribution in [1.29, 1.82) is 0 Å². The van der Waals surface area contributed by atoms with E-state index in [0.717, 1.165) is 0 Å². The first-order chi connectivity index (χ1) is 8.54. The van der Waals surface area contributed by atoms with Gasteiger partial charge in [-0.2, -0.15) is 4.39 Å². The number of benzene rings is 1. The van der Waals surface area contributed by atoms with E-state index < -0.39 is 5.95 Å². The quantitative estimate of drug-likeness (QED) is 0.459. The van der Waals surface area contributed by atoms with Gasteiger partial charge in [-0.1, -0.05) is 34.8 Å². The van der Waals surface area contributed by atoms with Gasteiger partial charge in [0.15, 0.2) is 6.29 Å². The summed E-state index contributed by atoms with van der Waals surface area (Å²) in [5.41, 5.74) is 0.610. The summed E-state index contributed by atoms with van der Waals surface area (Å²) in [6, 6.07) is 5.93. The van der Waals surface area contributed by atoms with Crippen LogP contribution in [0.5, 0.6) is 0 Å². The number of hydrogen-bond acceptors (Lipinski definition) is 2. The fourth-order valence-corrected chi connectivity index (χ4v) is 2.04. The molecule has 1 aromatic heterocycles. The summed E-state index contributed by atoms with van der Waals surface area (Å²) in [7, 11) is 0. The molecule has 0 saturated carbocycles. The molecule has 0 fully saturated rings. The van der Waals surface area contributed by atoms with E-state index in [1.54, 1.807) is 12.1 Å². The summed E-state index contributed by atoms with van der Waals surface area (Å²) in [6.07, 6.45) is 0.391. The smallest absolute Gasteiger partial charge is 0.224 e. The minimum atomic E-state index is -0.857. The van der Waals surface area contributed by atoms with E-state index in [2.05, 4.69) is 4.98 Å². The van der Waals surface area contributed by atoms with Crippen LogP contribution < -0.4 is 0 Å². The molecule has 0 radical (unpaired) electrons. The van der Waals surface area contributed by atoms with Crippen LogP contribution in [-0.4, -0.2) is 11.3 Å². The van der Waals surface area contributed by atoms with Gasteiger partial charge < -0.3 is 0 Å². The molecule has 2 nitrogen and oxygen atoms in total. The van der Waals surface area contributed by atoms with E-state index in [4.69, 9.17) is 34.8 Å². The molecule has 0 aliphatic rings. The third kappa shape index (κ3) is 2.34. The molecule has 1 aromatic carbocycles.